The Hall–Kier alpha value is -4.98. The number of methoxy groups -OCH3 is 1. The number of furan rings is 1. The van der Waals surface area contributed by atoms with E-state index in [0.717, 1.165) is 12.1 Å². The Balaban J connectivity index is 0.00000230. The Labute approximate surface area is 285 Å². The molecule has 1 amide bonds. The van der Waals surface area contributed by atoms with Crippen molar-refractivity contribution in [1.29, 1.82) is 0 Å². The zero-order chi connectivity index (χ0) is 35.5. The SMILES string of the molecule is CNC(=O)c1c(-c2ccc(F)cc2)oc2cc(NCC(C)(CO)CO)c(-c3ccc(OC)c(-c4nc5c(F)cc(F)cc5o4)c3)cc12.CS. The molecular formula is C36H34F3N3O6S. The van der Waals surface area contributed by atoms with Gasteiger partial charge in [0.15, 0.2) is 11.4 Å². The number of anilines is 1. The fraction of sp³-hybridized carbons (Fsp3) is 0.222. The Kier molecular flexibility index (Phi) is 10.6. The maximum absolute atomic E-state index is 14.5. The molecule has 0 fully saturated rings. The van der Waals surface area contributed by atoms with Gasteiger partial charge in [0.2, 0.25) is 5.89 Å². The minimum Gasteiger partial charge on any atom is -0.496 e. The first-order chi connectivity index (χ1) is 23.6. The first kappa shape index (κ1) is 35.3. The van der Waals surface area contributed by atoms with Gasteiger partial charge in [-0.05, 0) is 54.3 Å². The number of amides is 1. The highest BCUT2D eigenvalue weighted by Gasteiger charge is 2.27. The van der Waals surface area contributed by atoms with Gasteiger partial charge in [-0.2, -0.15) is 12.6 Å². The molecule has 0 atom stereocenters. The maximum atomic E-state index is 14.5. The van der Waals surface area contributed by atoms with E-state index in [4.69, 9.17) is 13.6 Å². The summed E-state index contributed by atoms with van der Waals surface area (Å²) < 4.78 is 59.7. The molecule has 2 heterocycles. The lowest BCUT2D eigenvalue weighted by molar-refractivity contribution is 0.0806. The van der Waals surface area contributed by atoms with Crippen LogP contribution in [-0.4, -0.2) is 61.3 Å². The van der Waals surface area contributed by atoms with E-state index in [-0.39, 0.29) is 48.1 Å². The lowest BCUT2D eigenvalue weighted by Gasteiger charge is -2.26. The van der Waals surface area contributed by atoms with Crippen LogP contribution in [0.5, 0.6) is 5.75 Å². The summed E-state index contributed by atoms with van der Waals surface area (Å²) in [7, 11) is 2.94. The number of carbonyl (C=O) groups is 1. The molecule has 6 rings (SSSR count). The van der Waals surface area contributed by atoms with E-state index in [2.05, 4.69) is 28.2 Å². The molecule has 0 aliphatic heterocycles. The van der Waals surface area contributed by atoms with Crippen LogP contribution in [0.25, 0.3) is 56.0 Å². The number of fused-ring (bicyclic) bond motifs is 2. The van der Waals surface area contributed by atoms with Gasteiger partial charge in [-0.1, -0.05) is 13.0 Å². The number of benzene rings is 4. The topological polar surface area (TPSA) is 130 Å². The number of halogens is 3. The summed E-state index contributed by atoms with van der Waals surface area (Å²) in [6.07, 6.45) is 1.69. The fourth-order valence-electron chi connectivity index (χ4n) is 5.27. The zero-order valence-corrected chi connectivity index (χ0v) is 27.9. The average molecular weight is 694 g/mol. The van der Waals surface area contributed by atoms with Crippen molar-refractivity contribution in [3.8, 4) is 39.7 Å². The molecule has 9 nitrogen and oxygen atoms in total. The number of nitrogens with one attached hydrogen (secondary N) is 2. The summed E-state index contributed by atoms with van der Waals surface area (Å²) in [5, 5.41) is 26.3. The van der Waals surface area contributed by atoms with Gasteiger partial charge < -0.3 is 34.4 Å². The normalized spacial score (nSPS) is 11.4. The number of ether oxygens (including phenoxy) is 1. The number of hydrogen-bond donors (Lipinski definition) is 5. The van der Waals surface area contributed by atoms with E-state index >= 15 is 0 Å². The van der Waals surface area contributed by atoms with E-state index in [1.807, 2.05) is 0 Å². The van der Waals surface area contributed by atoms with Gasteiger partial charge in [0.05, 0.1) is 31.5 Å². The second-order valence-electron chi connectivity index (χ2n) is 11.4. The molecule has 0 radical (unpaired) electrons. The molecule has 0 spiro atoms. The first-order valence-corrected chi connectivity index (χ1v) is 15.9. The summed E-state index contributed by atoms with van der Waals surface area (Å²) in [6.45, 7) is 1.27. The highest BCUT2D eigenvalue weighted by atomic mass is 32.1. The van der Waals surface area contributed by atoms with Crippen molar-refractivity contribution < 1.29 is 41.8 Å². The van der Waals surface area contributed by atoms with Crippen LogP contribution in [0.15, 0.2) is 75.6 Å². The number of aliphatic hydroxyl groups excluding tert-OH is 2. The van der Waals surface area contributed by atoms with E-state index in [0.29, 0.717) is 44.7 Å². The predicted octanol–water partition coefficient (Wildman–Crippen LogP) is 7.31. The lowest BCUT2D eigenvalue weighted by Crippen LogP contribution is -2.34. The molecule has 6 aromatic rings. The third-order valence-corrected chi connectivity index (χ3v) is 8.01. The van der Waals surface area contributed by atoms with E-state index in [9.17, 15) is 28.2 Å². The third-order valence-electron chi connectivity index (χ3n) is 8.01. The van der Waals surface area contributed by atoms with E-state index in [1.54, 1.807) is 43.5 Å². The highest BCUT2D eigenvalue weighted by Crippen LogP contribution is 2.42. The largest absolute Gasteiger partial charge is 0.496 e. The van der Waals surface area contributed by atoms with Crippen LogP contribution in [0, 0.1) is 22.9 Å². The number of oxazole rings is 1. The molecule has 0 bridgehead atoms. The Bertz CT molecular complexity index is 2130. The second-order valence-corrected chi connectivity index (χ2v) is 11.4. The van der Waals surface area contributed by atoms with Gasteiger partial charge >= 0.3 is 0 Å². The number of carbonyl (C=O) groups excluding carboxylic acids is 1. The Morgan fingerprint density at radius 1 is 0.898 bits per heavy atom. The fourth-order valence-corrected chi connectivity index (χ4v) is 5.27. The number of nitrogens with zero attached hydrogens (tertiary/aromatic N) is 1. The second kappa shape index (κ2) is 14.6. The third kappa shape index (κ3) is 6.95. The van der Waals surface area contributed by atoms with E-state index in [1.165, 1.54) is 38.4 Å². The van der Waals surface area contributed by atoms with Crippen LogP contribution in [0.3, 0.4) is 0 Å². The van der Waals surface area contributed by atoms with Crippen LogP contribution in [0.4, 0.5) is 18.9 Å². The highest BCUT2D eigenvalue weighted by molar-refractivity contribution is 7.79. The summed E-state index contributed by atoms with van der Waals surface area (Å²) >= 11 is 3.53. The van der Waals surface area contributed by atoms with E-state index < -0.39 is 28.8 Å². The first-order valence-electron chi connectivity index (χ1n) is 15.0. The van der Waals surface area contributed by atoms with Gasteiger partial charge in [-0.3, -0.25) is 4.79 Å². The molecule has 4 aromatic carbocycles. The van der Waals surface area contributed by atoms with Crippen molar-refractivity contribution in [3.05, 3.63) is 89.7 Å². The van der Waals surface area contributed by atoms with Crippen molar-refractivity contribution in [1.82, 2.24) is 10.3 Å². The number of hydrogen-bond acceptors (Lipinski definition) is 9. The maximum Gasteiger partial charge on any atom is 0.255 e. The lowest BCUT2D eigenvalue weighted by atomic mass is 9.92. The Morgan fingerprint density at radius 3 is 2.24 bits per heavy atom. The van der Waals surface area contributed by atoms with Gasteiger partial charge in [-0.15, -0.1) is 0 Å². The molecule has 0 aliphatic carbocycles. The molecule has 0 saturated carbocycles. The van der Waals surface area contributed by atoms with Crippen LogP contribution < -0.4 is 15.4 Å². The Morgan fingerprint density at radius 2 is 1.59 bits per heavy atom. The number of thiol groups is 1. The van der Waals surface area contributed by atoms with Crippen molar-refractivity contribution in [2.45, 2.75) is 6.92 Å². The summed E-state index contributed by atoms with van der Waals surface area (Å²) in [6, 6.07) is 15.9. The molecule has 0 saturated heterocycles. The molecule has 0 unspecified atom stereocenters. The molecule has 256 valence electrons. The monoisotopic (exact) mass is 693 g/mol. The molecule has 0 aliphatic rings. The summed E-state index contributed by atoms with van der Waals surface area (Å²) in [5.41, 5.74) is 1.96. The minimum atomic E-state index is -0.884. The van der Waals surface area contributed by atoms with Gasteiger partial charge in [-0.25, -0.2) is 18.2 Å². The van der Waals surface area contributed by atoms with Crippen LogP contribution in [0.2, 0.25) is 0 Å². The standard InChI is InChI=1S/C35H30F3N3O6.CH4S/c1-35(16-42,17-43)15-40-26-14-28-23(30(33(44)39-2)32(46-28)18-4-7-20(36)8-5-18)13-22(26)19-6-9-27(45-3)24(10-19)34-41-31-25(38)11-21(37)12-29(31)47-34;1-2/h4-14,40,42-43H,15-17H2,1-3H3,(H,39,44);2H,1H3. The summed E-state index contributed by atoms with van der Waals surface area (Å²) in [5.74, 6) is -2.01. The molecule has 49 heavy (non-hydrogen) atoms. The quantitative estimate of drug-likeness (QED) is 0.0946. The number of rotatable bonds is 10. The van der Waals surface area contributed by atoms with Crippen LogP contribution >= 0.6 is 12.6 Å². The van der Waals surface area contributed by atoms with Crippen LogP contribution in [-0.2, 0) is 0 Å². The average Bonchev–Trinajstić information content (AvgIpc) is 3.72. The van der Waals surface area contributed by atoms with Gasteiger partial charge in [0, 0.05) is 59.4 Å². The van der Waals surface area contributed by atoms with Gasteiger partial charge in [0.1, 0.15) is 34.2 Å². The minimum absolute atomic E-state index is 0.0140. The van der Waals surface area contributed by atoms with Crippen LogP contribution in [0.1, 0.15) is 17.3 Å². The number of aromatic nitrogens is 1. The van der Waals surface area contributed by atoms with Crippen molar-refractivity contribution >= 4 is 46.3 Å². The number of aliphatic hydroxyl groups is 2. The summed E-state index contributed by atoms with van der Waals surface area (Å²) in [4.78, 5) is 17.5. The van der Waals surface area contributed by atoms with Gasteiger partial charge in [0.25, 0.3) is 5.91 Å². The molecule has 2 aromatic heterocycles. The van der Waals surface area contributed by atoms with Crippen molar-refractivity contribution in [3.63, 3.8) is 0 Å². The zero-order valence-electron chi connectivity index (χ0n) is 27.0. The van der Waals surface area contributed by atoms with Crippen molar-refractivity contribution in [2.75, 3.05) is 45.5 Å². The molecule has 13 heteroatoms. The van der Waals surface area contributed by atoms with Crippen molar-refractivity contribution in [2.24, 2.45) is 5.41 Å². The predicted molar refractivity (Wildman–Crippen MR) is 186 cm³/mol. The molecule has 4 N–H and O–H groups in total. The smallest absolute Gasteiger partial charge is 0.255 e. The molecular weight excluding hydrogens is 659 g/mol.